The highest BCUT2D eigenvalue weighted by Gasteiger charge is 2.29. The molecule has 1 saturated heterocycles. The first-order valence-electron chi connectivity index (χ1n) is 8.09. The van der Waals surface area contributed by atoms with Crippen LogP contribution in [0.15, 0.2) is 47.4 Å². The summed E-state index contributed by atoms with van der Waals surface area (Å²) in [4.78, 5) is 2.29. The summed E-state index contributed by atoms with van der Waals surface area (Å²) in [6, 6.07) is 10.1. The number of halogens is 2. The molecular weight excluding hydrogens is 346 g/mol. The molecule has 1 fully saturated rings. The third-order valence-corrected chi connectivity index (χ3v) is 6.46. The quantitative estimate of drug-likeness (QED) is 0.836. The van der Waals surface area contributed by atoms with E-state index in [1.807, 2.05) is 0 Å². The Kier molecular flexibility index (Phi) is 5.17. The predicted octanol–water partition coefficient (Wildman–Crippen LogP) is 2.78. The van der Waals surface area contributed by atoms with Gasteiger partial charge < -0.3 is 0 Å². The van der Waals surface area contributed by atoms with Gasteiger partial charge in [-0.15, -0.1) is 0 Å². The lowest BCUT2D eigenvalue weighted by Crippen LogP contribution is -2.48. The van der Waals surface area contributed by atoms with E-state index in [1.165, 1.54) is 34.6 Å². The Bertz CT molecular complexity index is 846. The van der Waals surface area contributed by atoms with Gasteiger partial charge in [-0.3, -0.25) is 4.90 Å². The molecule has 4 nitrogen and oxygen atoms in total. The van der Waals surface area contributed by atoms with Gasteiger partial charge in [0.15, 0.2) is 0 Å². The van der Waals surface area contributed by atoms with Gasteiger partial charge >= 0.3 is 0 Å². The van der Waals surface area contributed by atoms with Gasteiger partial charge in [0, 0.05) is 32.7 Å². The van der Waals surface area contributed by atoms with Crippen molar-refractivity contribution in [3.8, 4) is 0 Å². The second-order valence-corrected chi connectivity index (χ2v) is 8.12. The minimum Gasteiger partial charge on any atom is -0.296 e. The monoisotopic (exact) mass is 366 g/mol. The summed E-state index contributed by atoms with van der Waals surface area (Å²) in [7, 11) is -3.62. The molecule has 2 aromatic rings. The number of hydrogen-bond acceptors (Lipinski definition) is 3. The fourth-order valence-corrected chi connectivity index (χ4v) is 4.65. The predicted molar refractivity (Wildman–Crippen MR) is 91.6 cm³/mol. The summed E-state index contributed by atoms with van der Waals surface area (Å²) >= 11 is 0. The zero-order valence-corrected chi connectivity index (χ0v) is 14.8. The molecule has 0 aromatic heterocycles. The van der Waals surface area contributed by atoms with Crippen molar-refractivity contribution in [2.24, 2.45) is 0 Å². The van der Waals surface area contributed by atoms with Gasteiger partial charge in [-0.25, -0.2) is 17.2 Å². The first-order valence-corrected chi connectivity index (χ1v) is 9.53. The van der Waals surface area contributed by atoms with Gasteiger partial charge in [-0.05, 0) is 48.4 Å². The lowest BCUT2D eigenvalue weighted by atomic mass is 10.2. The number of nitrogens with zero attached hydrogens (tertiary/aromatic N) is 2. The van der Waals surface area contributed by atoms with Gasteiger partial charge in [0.2, 0.25) is 10.0 Å². The van der Waals surface area contributed by atoms with Crippen molar-refractivity contribution in [2.45, 2.75) is 18.4 Å². The summed E-state index contributed by atoms with van der Waals surface area (Å²) < 4.78 is 53.1. The van der Waals surface area contributed by atoms with Crippen LogP contribution in [0.3, 0.4) is 0 Å². The summed E-state index contributed by atoms with van der Waals surface area (Å²) in [5.41, 5.74) is 1.40. The number of rotatable bonds is 4. The lowest BCUT2D eigenvalue weighted by Gasteiger charge is -2.34. The highest BCUT2D eigenvalue weighted by Crippen LogP contribution is 2.22. The van der Waals surface area contributed by atoms with Crippen LogP contribution in [0, 0.1) is 18.6 Å². The summed E-state index contributed by atoms with van der Waals surface area (Å²) in [6.07, 6.45) is 0. The Morgan fingerprint density at radius 2 is 1.52 bits per heavy atom. The maximum Gasteiger partial charge on any atom is 0.243 e. The molecule has 1 aliphatic heterocycles. The van der Waals surface area contributed by atoms with Crippen LogP contribution in [0.5, 0.6) is 0 Å². The topological polar surface area (TPSA) is 40.6 Å². The Labute approximate surface area is 146 Å². The Balaban J connectivity index is 1.66. The van der Waals surface area contributed by atoms with Crippen LogP contribution in [-0.4, -0.2) is 43.8 Å². The highest BCUT2D eigenvalue weighted by atomic mass is 32.2. The molecule has 0 unspecified atom stereocenters. The smallest absolute Gasteiger partial charge is 0.243 e. The molecule has 0 amide bonds. The number of piperazine rings is 1. The van der Waals surface area contributed by atoms with Crippen molar-refractivity contribution in [1.29, 1.82) is 0 Å². The van der Waals surface area contributed by atoms with E-state index in [9.17, 15) is 17.2 Å². The van der Waals surface area contributed by atoms with Crippen LogP contribution in [0.1, 0.15) is 11.1 Å². The van der Waals surface area contributed by atoms with E-state index in [1.54, 1.807) is 19.1 Å². The van der Waals surface area contributed by atoms with E-state index >= 15 is 0 Å². The molecule has 0 saturated carbocycles. The van der Waals surface area contributed by atoms with E-state index in [-0.39, 0.29) is 10.7 Å². The molecule has 0 bridgehead atoms. The van der Waals surface area contributed by atoms with Crippen LogP contribution >= 0.6 is 0 Å². The van der Waals surface area contributed by atoms with E-state index < -0.39 is 15.8 Å². The van der Waals surface area contributed by atoms with Crippen molar-refractivity contribution in [1.82, 2.24) is 9.21 Å². The fourth-order valence-electron chi connectivity index (χ4n) is 3.02. The van der Waals surface area contributed by atoms with Gasteiger partial charge in [-0.1, -0.05) is 12.1 Å². The molecule has 0 N–H and O–H groups in total. The average molecular weight is 366 g/mol. The largest absolute Gasteiger partial charge is 0.296 e. The molecule has 1 aliphatic rings. The first-order chi connectivity index (χ1) is 11.9. The molecule has 0 atom stereocenters. The van der Waals surface area contributed by atoms with Crippen molar-refractivity contribution in [3.63, 3.8) is 0 Å². The SMILES string of the molecule is Cc1cc(F)ccc1S(=O)(=O)N1CCN(Cc2ccc(F)cc2)CC1. The maximum absolute atomic E-state index is 13.2. The van der Waals surface area contributed by atoms with Crippen LogP contribution in [-0.2, 0) is 16.6 Å². The van der Waals surface area contributed by atoms with Crippen LogP contribution < -0.4 is 0 Å². The molecule has 0 spiro atoms. The Morgan fingerprint density at radius 1 is 0.920 bits per heavy atom. The van der Waals surface area contributed by atoms with Crippen LogP contribution in [0.4, 0.5) is 8.78 Å². The van der Waals surface area contributed by atoms with Gasteiger partial charge in [0.25, 0.3) is 0 Å². The second kappa shape index (κ2) is 7.19. The fraction of sp³-hybridized carbons (Fsp3) is 0.333. The Hall–Kier alpha value is -1.83. The maximum atomic E-state index is 13.2. The molecule has 134 valence electrons. The molecule has 0 radical (unpaired) electrons. The third kappa shape index (κ3) is 4.05. The van der Waals surface area contributed by atoms with E-state index in [0.717, 1.165) is 5.56 Å². The number of benzene rings is 2. The third-order valence-electron chi connectivity index (χ3n) is 4.41. The highest BCUT2D eigenvalue weighted by molar-refractivity contribution is 7.89. The molecule has 25 heavy (non-hydrogen) atoms. The molecular formula is C18H20F2N2O2S. The summed E-state index contributed by atoms with van der Waals surface area (Å²) in [5.74, 6) is -0.713. The Morgan fingerprint density at radius 3 is 2.12 bits per heavy atom. The van der Waals surface area contributed by atoms with E-state index in [4.69, 9.17) is 0 Å². The number of sulfonamides is 1. The molecule has 7 heteroatoms. The number of hydrogen-bond donors (Lipinski definition) is 0. The number of aryl methyl sites for hydroxylation is 1. The van der Waals surface area contributed by atoms with E-state index in [0.29, 0.717) is 38.3 Å². The molecule has 2 aromatic carbocycles. The van der Waals surface area contributed by atoms with Crippen molar-refractivity contribution >= 4 is 10.0 Å². The molecule has 3 rings (SSSR count). The minimum absolute atomic E-state index is 0.154. The lowest BCUT2D eigenvalue weighted by molar-refractivity contribution is 0.181. The van der Waals surface area contributed by atoms with Crippen molar-refractivity contribution in [3.05, 3.63) is 65.2 Å². The first kappa shape index (κ1) is 18.0. The molecule has 0 aliphatic carbocycles. The standard InChI is InChI=1S/C18H20F2N2O2S/c1-14-12-17(20)6-7-18(14)25(23,24)22-10-8-21(9-11-22)13-15-2-4-16(19)5-3-15/h2-7,12H,8-11,13H2,1H3. The van der Waals surface area contributed by atoms with Gasteiger partial charge in [0.1, 0.15) is 11.6 Å². The van der Waals surface area contributed by atoms with Crippen LogP contribution in [0.2, 0.25) is 0 Å². The van der Waals surface area contributed by atoms with E-state index in [2.05, 4.69) is 4.90 Å². The summed E-state index contributed by atoms with van der Waals surface area (Å²) in [6.45, 7) is 4.19. The second-order valence-electron chi connectivity index (χ2n) is 6.22. The average Bonchev–Trinajstić information content (AvgIpc) is 2.57. The van der Waals surface area contributed by atoms with Gasteiger partial charge in [-0.2, -0.15) is 4.31 Å². The molecule has 1 heterocycles. The van der Waals surface area contributed by atoms with Gasteiger partial charge in [0.05, 0.1) is 4.90 Å². The van der Waals surface area contributed by atoms with Crippen LogP contribution in [0.25, 0.3) is 0 Å². The van der Waals surface area contributed by atoms with Crippen molar-refractivity contribution in [2.75, 3.05) is 26.2 Å². The zero-order valence-electron chi connectivity index (χ0n) is 14.0. The van der Waals surface area contributed by atoms with Crippen molar-refractivity contribution < 1.29 is 17.2 Å². The zero-order chi connectivity index (χ0) is 18.0. The minimum atomic E-state index is -3.62. The summed E-state index contributed by atoms with van der Waals surface area (Å²) in [5, 5.41) is 0. The normalized spacial score (nSPS) is 16.9.